The van der Waals surface area contributed by atoms with Crippen LogP contribution in [0.15, 0.2) is 18.2 Å². The average Bonchev–Trinajstić information content (AvgIpc) is 2.68. The zero-order valence-corrected chi connectivity index (χ0v) is 13.8. The highest BCUT2D eigenvalue weighted by Gasteiger charge is 2.18. The Labute approximate surface area is 136 Å². The molecule has 0 aliphatic carbocycles. The summed E-state index contributed by atoms with van der Waals surface area (Å²) in [6.45, 7) is 6.83. The van der Waals surface area contributed by atoms with E-state index in [1.807, 2.05) is 24.0 Å². The lowest BCUT2D eigenvalue weighted by Crippen LogP contribution is -2.37. The van der Waals surface area contributed by atoms with Crippen LogP contribution >= 0.6 is 11.6 Å². The summed E-state index contributed by atoms with van der Waals surface area (Å²) in [7, 11) is 0. The molecule has 6 heteroatoms. The van der Waals surface area contributed by atoms with Crippen LogP contribution in [0, 0.1) is 6.92 Å². The zero-order chi connectivity index (χ0) is 16.1. The van der Waals surface area contributed by atoms with E-state index >= 15 is 0 Å². The molecule has 0 unspecified atom stereocenters. The monoisotopic (exact) mass is 323 g/mol. The second-order valence-corrected chi connectivity index (χ2v) is 6.06. The molecule has 5 nitrogen and oxygen atoms in total. The van der Waals surface area contributed by atoms with Gasteiger partial charge in [-0.1, -0.05) is 17.7 Å². The van der Waals surface area contributed by atoms with Crippen LogP contribution in [0.25, 0.3) is 0 Å². The Balaban J connectivity index is 1.86. The van der Waals surface area contributed by atoms with Crippen LogP contribution < -0.4 is 5.32 Å². The normalized spacial score (nSPS) is 16.2. The van der Waals surface area contributed by atoms with Gasteiger partial charge in [0, 0.05) is 43.8 Å². The number of rotatable bonds is 3. The van der Waals surface area contributed by atoms with Crippen LogP contribution in [0.4, 0.5) is 5.69 Å². The van der Waals surface area contributed by atoms with E-state index < -0.39 is 0 Å². The molecule has 1 aliphatic rings. The number of halogens is 1. The topological polar surface area (TPSA) is 52.7 Å². The fourth-order valence-electron chi connectivity index (χ4n) is 2.52. The number of hydrogen-bond donors (Lipinski definition) is 1. The van der Waals surface area contributed by atoms with Gasteiger partial charge < -0.3 is 10.2 Å². The van der Waals surface area contributed by atoms with Crippen molar-refractivity contribution in [3.63, 3.8) is 0 Å². The van der Waals surface area contributed by atoms with Crippen molar-refractivity contribution in [2.24, 2.45) is 0 Å². The molecule has 120 valence electrons. The SMILES string of the molecule is CC(=O)N1CCCN(CC(=O)Nc2ccc(C)c(Cl)c2)CC1. The molecule has 1 fully saturated rings. The molecular formula is C16H22ClN3O2. The summed E-state index contributed by atoms with van der Waals surface area (Å²) in [5.74, 6) is 0.0387. The summed E-state index contributed by atoms with van der Waals surface area (Å²) in [6.07, 6.45) is 0.892. The number of aryl methyl sites for hydroxylation is 1. The molecule has 2 rings (SSSR count). The Morgan fingerprint density at radius 3 is 2.68 bits per heavy atom. The van der Waals surface area contributed by atoms with Crippen molar-refractivity contribution in [2.75, 3.05) is 38.0 Å². The number of hydrogen-bond acceptors (Lipinski definition) is 3. The van der Waals surface area contributed by atoms with Crippen molar-refractivity contribution in [1.29, 1.82) is 0 Å². The van der Waals surface area contributed by atoms with Crippen LogP contribution in [0.5, 0.6) is 0 Å². The van der Waals surface area contributed by atoms with Gasteiger partial charge in [-0.05, 0) is 31.0 Å². The molecule has 2 amide bonds. The molecule has 1 saturated heterocycles. The minimum atomic E-state index is -0.0591. The number of benzene rings is 1. The van der Waals surface area contributed by atoms with Gasteiger partial charge in [-0.3, -0.25) is 14.5 Å². The van der Waals surface area contributed by atoms with E-state index in [-0.39, 0.29) is 11.8 Å². The molecule has 0 spiro atoms. The van der Waals surface area contributed by atoms with Gasteiger partial charge in [0.1, 0.15) is 0 Å². The molecule has 1 N–H and O–H groups in total. The number of carbonyl (C=O) groups excluding carboxylic acids is 2. The van der Waals surface area contributed by atoms with Gasteiger partial charge >= 0.3 is 0 Å². The largest absolute Gasteiger partial charge is 0.342 e. The van der Waals surface area contributed by atoms with Crippen molar-refractivity contribution in [3.05, 3.63) is 28.8 Å². The van der Waals surface area contributed by atoms with E-state index in [1.165, 1.54) is 0 Å². The van der Waals surface area contributed by atoms with E-state index in [2.05, 4.69) is 10.2 Å². The summed E-state index contributed by atoms with van der Waals surface area (Å²) in [5.41, 5.74) is 1.69. The summed E-state index contributed by atoms with van der Waals surface area (Å²) in [5, 5.41) is 3.51. The highest BCUT2D eigenvalue weighted by Crippen LogP contribution is 2.19. The molecule has 1 aromatic carbocycles. The average molecular weight is 324 g/mol. The Morgan fingerprint density at radius 1 is 1.23 bits per heavy atom. The lowest BCUT2D eigenvalue weighted by Gasteiger charge is -2.20. The van der Waals surface area contributed by atoms with Gasteiger partial charge in [-0.25, -0.2) is 0 Å². The van der Waals surface area contributed by atoms with Crippen molar-refractivity contribution in [2.45, 2.75) is 20.3 Å². The van der Waals surface area contributed by atoms with Gasteiger partial charge in [0.15, 0.2) is 0 Å². The lowest BCUT2D eigenvalue weighted by molar-refractivity contribution is -0.128. The standard InChI is InChI=1S/C16H22ClN3O2/c1-12-4-5-14(10-15(12)17)18-16(22)11-19-6-3-7-20(9-8-19)13(2)21/h4-5,10H,3,6-9,11H2,1-2H3,(H,18,22). The quantitative estimate of drug-likeness (QED) is 0.927. The Hall–Kier alpha value is -1.59. The van der Waals surface area contributed by atoms with E-state index in [0.717, 1.165) is 31.6 Å². The van der Waals surface area contributed by atoms with Crippen molar-refractivity contribution < 1.29 is 9.59 Å². The molecule has 1 heterocycles. The molecular weight excluding hydrogens is 302 g/mol. The fourth-order valence-corrected chi connectivity index (χ4v) is 2.70. The number of amides is 2. The van der Waals surface area contributed by atoms with E-state index in [0.29, 0.717) is 23.8 Å². The summed E-state index contributed by atoms with van der Waals surface area (Å²) < 4.78 is 0. The molecule has 0 saturated carbocycles. The number of anilines is 1. The molecule has 22 heavy (non-hydrogen) atoms. The maximum Gasteiger partial charge on any atom is 0.238 e. The molecule has 0 bridgehead atoms. The van der Waals surface area contributed by atoms with E-state index in [4.69, 9.17) is 11.6 Å². The summed E-state index contributed by atoms with van der Waals surface area (Å²) in [6, 6.07) is 5.49. The summed E-state index contributed by atoms with van der Waals surface area (Å²) >= 11 is 6.06. The van der Waals surface area contributed by atoms with Crippen molar-refractivity contribution in [3.8, 4) is 0 Å². The van der Waals surface area contributed by atoms with Crippen LogP contribution in [0.3, 0.4) is 0 Å². The van der Waals surface area contributed by atoms with Gasteiger partial charge in [-0.15, -0.1) is 0 Å². The first-order valence-corrected chi connectivity index (χ1v) is 7.87. The van der Waals surface area contributed by atoms with Crippen molar-refractivity contribution in [1.82, 2.24) is 9.80 Å². The van der Waals surface area contributed by atoms with Crippen LogP contribution in [0.1, 0.15) is 18.9 Å². The Bertz CT molecular complexity index is 562. The molecule has 1 aromatic rings. The minimum absolute atomic E-state index is 0.0591. The number of carbonyl (C=O) groups is 2. The second-order valence-electron chi connectivity index (χ2n) is 5.65. The lowest BCUT2D eigenvalue weighted by atomic mass is 10.2. The zero-order valence-electron chi connectivity index (χ0n) is 13.1. The smallest absolute Gasteiger partial charge is 0.238 e. The summed E-state index contributed by atoms with van der Waals surface area (Å²) in [4.78, 5) is 27.4. The highest BCUT2D eigenvalue weighted by molar-refractivity contribution is 6.31. The first-order valence-electron chi connectivity index (χ1n) is 7.49. The third kappa shape index (κ3) is 4.71. The van der Waals surface area contributed by atoms with Crippen LogP contribution in [-0.2, 0) is 9.59 Å². The fraction of sp³-hybridized carbons (Fsp3) is 0.500. The Morgan fingerprint density at radius 2 is 2.00 bits per heavy atom. The predicted molar refractivity (Wildman–Crippen MR) is 88.1 cm³/mol. The van der Waals surface area contributed by atoms with Crippen molar-refractivity contribution >= 4 is 29.1 Å². The van der Waals surface area contributed by atoms with E-state index in [1.54, 1.807) is 13.0 Å². The molecule has 0 atom stereocenters. The van der Waals surface area contributed by atoms with E-state index in [9.17, 15) is 9.59 Å². The number of nitrogens with zero attached hydrogens (tertiary/aromatic N) is 2. The van der Waals surface area contributed by atoms with Crippen LogP contribution in [0.2, 0.25) is 5.02 Å². The maximum absolute atomic E-state index is 12.1. The van der Waals surface area contributed by atoms with Gasteiger partial charge in [0.2, 0.25) is 11.8 Å². The third-order valence-electron chi connectivity index (χ3n) is 3.86. The van der Waals surface area contributed by atoms with Gasteiger partial charge in [0.25, 0.3) is 0 Å². The molecule has 0 radical (unpaired) electrons. The van der Waals surface area contributed by atoms with Gasteiger partial charge in [-0.2, -0.15) is 0 Å². The van der Waals surface area contributed by atoms with Gasteiger partial charge in [0.05, 0.1) is 6.54 Å². The molecule has 0 aromatic heterocycles. The second kappa shape index (κ2) is 7.61. The predicted octanol–water partition coefficient (Wildman–Crippen LogP) is 2.14. The third-order valence-corrected chi connectivity index (χ3v) is 4.26. The maximum atomic E-state index is 12.1. The first kappa shape index (κ1) is 16.8. The molecule has 1 aliphatic heterocycles. The minimum Gasteiger partial charge on any atom is -0.342 e. The van der Waals surface area contributed by atoms with Crippen LogP contribution in [-0.4, -0.2) is 54.3 Å². The number of nitrogens with one attached hydrogen (secondary N) is 1. The highest BCUT2D eigenvalue weighted by atomic mass is 35.5. The first-order chi connectivity index (χ1) is 10.5. The Kier molecular flexibility index (Phi) is 5.80.